The normalized spacial score (nSPS) is 12.8. The van der Waals surface area contributed by atoms with Gasteiger partial charge in [0.05, 0.1) is 22.2 Å². The summed E-state index contributed by atoms with van der Waals surface area (Å²) >= 11 is 0. The van der Waals surface area contributed by atoms with E-state index >= 15 is 0 Å². The highest BCUT2D eigenvalue weighted by atomic mass is 15.0. The van der Waals surface area contributed by atoms with Gasteiger partial charge in [0.2, 0.25) is 0 Å². The number of pyridine rings is 2. The molecule has 0 spiro atoms. The summed E-state index contributed by atoms with van der Waals surface area (Å²) in [5.41, 5.74) is 16.0. The first-order valence-corrected chi connectivity index (χ1v) is 19.5. The molecule has 0 radical (unpaired) electrons. The van der Waals surface area contributed by atoms with Crippen molar-refractivity contribution < 1.29 is 0 Å². The molecule has 0 amide bonds. The summed E-state index contributed by atoms with van der Waals surface area (Å²) in [6, 6.07) is 59.1. The predicted octanol–water partition coefficient (Wildman–Crippen LogP) is 13.6. The van der Waals surface area contributed by atoms with Crippen molar-refractivity contribution >= 4 is 49.3 Å². The van der Waals surface area contributed by atoms with Crippen molar-refractivity contribution in [2.75, 3.05) is 0 Å². The lowest BCUT2D eigenvalue weighted by molar-refractivity contribution is 1.14. The molecule has 6 aromatic carbocycles. The molecule has 10 aromatic rings. The number of benzene rings is 6. The fourth-order valence-corrected chi connectivity index (χ4v) is 8.55. The monoisotopic (exact) mass is 728 g/mol. The van der Waals surface area contributed by atoms with Gasteiger partial charge >= 0.3 is 0 Å². The first-order chi connectivity index (χ1) is 28.3. The van der Waals surface area contributed by atoms with Crippen molar-refractivity contribution in [3.8, 4) is 44.9 Å². The Hall–Kier alpha value is -7.56. The van der Waals surface area contributed by atoms with Gasteiger partial charge in [-0.05, 0) is 131 Å². The van der Waals surface area contributed by atoms with Crippen LogP contribution < -0.4 is 0 Å². The molecule has 0 N–H and O–H groups in total. The Morgan fingerprint density at radius 1 is 0.386 bits per heavy atom. The summed E-state index contributed by atoms with van der Waals surface area (Å²) in [7, 11) is 0. The van der Waals surface area contributed by atoms with Crippen molar-refractivity contribution in [2.45, 2.75) is 6.42 Å². The van der Waals surface area contributed by atoms with Gasteiger partial charge in [0.25, 0.3) is 0 Å². The summed E-state index contributed by atoms with van der Waals surface area (Å²) in [6.45, 7) is 0. The maximum absolute atomic E-state index is 4.83. The summed E-state index contributed by atoms with van der Waals surface area (Å²) in [5, 5.41) is 4.81. The standard InChI is InChI=1S/C53H36N4/c1-2-5-14-36(13-4-1)40-31-41(33-42(32-40)49-19-10-11-29-54-49)37-21-25-44(26-22-37)56-50-20-9-8-17-45(50)46-27-23-39(35-52(46)56)38-24-28-51-48(34-38)47-18-12-30-55-53(47)57(51)43-15-6-3-7-16-43/h1-13,15-35H,14H2. The molecule has 0 unspecified atom stereocenters. The van der Waals surface area contributed by atoms with Gasteiger partial charge in [-0.3, -0.25) is 9.55 Å². The van der Waals surface area contributed by atoms with Crippen LogP contribution >= 0.6 is 0 Å². The molecule has 1 aliphatic rings. The van der Waals surface area contributed by atoms with Crippen LogP contribution in [0.3, 0.4) is 0 Å². The second-order valence-electron chi connectivity index (χ2n) is 14.6. The van der Waals surface area contributed by atoms with Crippen molar-refractivity contribution in [3.63, 3.8) is 0 Å². The lowest BCUT2D eigenvalue weighted by Gasteiger charge is -2.13. The molecule has 4 heterocycles. The van der Waals surface area contributed by atoms with Gasteiger partial charge in [-0.15, -0.1) is 0 Å². The Kier molecular flexibility index (Phi) is 7.85. The smallest absolute Gasteiger partial charge is 0.145 e. The SMILES string of the molecule is C1=CC=C(c2cc(-c3ccc(-n4c5ccccc5c5ccc(-c6ccc7c(c6)c6cccnc6n7-c6ccccc6)cc54)cc3)cc(-c3ccccn3)c2)CC=C1. The van der Waals surface area contributed by atoms with E-state index < -0.39 is 0 Å². The van der Waals surface area contributed by atoms with E-state index in [1.54, 1.807) is 0 Å². The lowest BCUT2D eigenvalue weighted by atomic mass is 9.93. The van der Waals surface area contributed by atoms with Crippen LogP contribution in [0.2, 0.25) is 0 Å². The van der Waals surface area contributed by atoms with Crippen molar-refractivity contribution in [1.29, 1.82) is 0 Å². The van der Waals surface area contributed by atoms with Gasteiger partial charge in [-0.2, -0.15) is 0 Å². The number of hydrogen-bond acceptors (Lipinski definition) is 2. The highest BCUT2D eigenvalue weighted by Crippen LogP contribution is 2.39. The third-order valence-electron chi connectivity index (χ3n) is 11.3. The molecular formula is C53H36N4. The topological polar surface area (TPSA) is 35.6 Å². The van der Waals surface area contributed by atoms with Crippen LogP contribution in [-0.2, 0) is 0 Å². The average molecular weight is 729 g/mol. The number of aromatic nitrogens is 4. The molecule has 4 heteroatoms. The molecule has 0 fully saturated rings. The molecule has 268 valence electrons. The van der Waals surface area contributed by atoms with Gasteiger partial charge in [-0.25, -0.2) is 4.98 Å². The van der Waals surface area contributed by atoms with E-state index in [2.05, 4.69) is 191 Å². The molecule has 0 saturated heterocycles. The summed E-state index contributed by atoms with van der Waals surface area (Å²) in [5.74, 6) is 0. The number of rotatable bonds is 6. The first-order valence-electron chi connectivity index (χ1n) is 19.5. The van der Waals surface area contributed by atoms with Crippen LogP contribution in [0.1, 0.15) is 12.0 Å². The highest BCUT2D eigenvalue weighted by molar-refractivity contribution is 6.12. The molecule has 0 bridgehead atoms. The zero-order valence-electron chi connectivity index (χ0n) is 31.1. The van der Waals surface area contributed by atoms with Gasteiger partial charge in [0, 0.05) is 50.9 Å². The number of para-hydroxylation sites is 2. The van der Waals surface area contributed by atoms with Gasteiger partial charge in [-0.1, -0.05) is 103 Å². The lowest BCUT2D eigenvalue weighted by Crippen LogP contribution is -1.95. The second-order valence-corrected chi connectivity index (χ2v) is 14.6. The van der Waals surface area contributed by atoms with Gasteiger partial charge in [0.1, 0.15) is 5.65 Å². The van der Waals surface area contributed by atoms with E-state index in [1.165, 1.54) is 55.0 Å². The van der Waals surface area contributed by atoms with Crippen LogP contribution in [-0.4, -0.2) is 19.1 Å². The van der Waals surface area contributed by atoms with Crippen molar-refractivity contribution in [3.05, 3.63) is 212 Å². The van der Waals surface area contributed by atoms with Crippen LogP contribution in [0.25, 0.3) is 94.2 Å². The Morgan fingerprint density at radius 2 is 1.09 bits per heavy atom. The molecule has 0 saturated carbocycles. The van der Waals surface area contributed by atoms with Crippen LogP contribution in [0.5, 0.6) is 0 Å². The number of hydrogen-bond donors (Lipinski definition) is 0. The van der Waals surface area contributed by atoms with Crippen LogP contribution in [0, 0.1) is 0 Å². The maximum atomic E-state index is 4.83. The van der Waals surface area contributed by atoms with E-state index in [1.807, 2.05) is 24.5 Å². The Labute approximate surface area is 330 Å². The zero-order chi connectivity index (χ0) is 37.7. The third-order valence-corrected chi connectivity index (χ3v) is 11.3. The minimum Gasteiger partial charge on any atom is -0.309 e. The van der Waals surface area contributed by atoms with Crippen LogP contribution in [0.4, 0.5) is 0 Å². The molecule has 1 aliphatic carbocycles. The van der Waals surface area contributed by atoms with Crippen molar-refractivity contribution in [2.24, 2.45) is 0 Å². The third kappa shape index (κ3) is 5.70. The Bertz CT molecular complexity index is 3230. The number of allylic oxidation sites excluding steroid dienone is 6. The highest BCUT2D eigenvalue weighted by Gasteiger charge is 2.17. The number of fused-ring (bicyclic) bond motifs is 6. The molecule has 4 nitrogen and oxygen atoms in total. The predicted molar refractivity (Wildman–Crippen MR) is 238 cm³/mol. The molecular weight excluding hydrogens is 693 g/mol. The molecule has 4 aromatic heterocycles. The molecule has 0 atom stereocenters. The fourth-order valence-electron chi connectivity index (χ4n) is 8.55. The van der Waals surface area contributed by atoms with E-state index in [9.17, 15) is 0 Å². The summed E-state index contributed by atoms with van der Waals surface area (Å²) in [6.07, 6.45) is 15.4. The Balaban J connectivity index is 1.03. The van der Waals surface area contributed by atoms with E-state index in [0.29, 0.717) is 0 Å². The van der Waals surface area contributed by atoms with Crippen molar-refractivity contribution in [1.82, 2.24) is 19.1 Å². The fraction of sp³-hybridized carbons (Fsp3) is 0.0189. The molecule has 57 heavy (non-hydrogen) atoms. The van der Waals surface area contributed by atoms with E-state index in [4.69, 9.17) is 9.97 Å². The first kappa shape index (κ1) is 32.8. The molecule has 11 rings (SSSR count). The quantitative estimate of drug-likeness (QED) is 0.171. The summed E-state index contributed by atoms with van der Waals surface area (Å²) < 4.78 is 4.67. The summed E-state index contributed by atoms with van der Waals surface area (Å²) in [4.78, 5) is 9.54. The number of nitrogens with zero attached hydrogens (tertiary/aromatic N) is 4. The zero-order valence-corrected chi connectivity index (χ0v) is 31.1. The molecule has 0 aliphatic heterocycles. The Morgan fingerprint density at radius 3 is 1.98 bits per heavy atom. The second kappa shape index (κ2) is 13.6. The largest absolute Gasteiger partial charge is 0.309 e. The van der Waals surface area contributed by atoms with E-state index in [0.717, 1.165) is 51.2 Å². The maximum Gasteiger partial charge on any atom is 0.145 e. The minimum atomic E-state index is 0.884. The average Bonchev–Trinajstić information content (AvgIpc) is 3.63. The van der Waals surface area contributed by atoms with Crippen LogP contribution in [0.15, 0.2) is 207 Å². The van der Waals surface area contributed by atoms with Gasteiger partial charge in [0.15, 0.2) is 0 Å². The van der Waals surface area contributed by atoms with Gasteiger partial charge < -0.3 is 4.57 Å². The van der Waals surface area contributed by atoms with E-state index in [-0.39, 0.29) is 0 Å². The minimum absolute atomic E-state index is 0.884.